The summed E-state index contributed by atoms with van der Waals surface area (Å²) in [5.74, 6) is 0. The van der Waals surface area contributed by atoms with Crippen molar-refractivity contribution in [2.24, 2.45) is 7.05 Å². The van der Waals surface area contributed by atoms with Gasteiger partial charge in [0.1, 0.15) is 0 Å². The second-order valence-corrected chi connectivity index (χ2v) is 12.6. The normalized spacial score (nSPS) is 18.8. The fourth-order valence-electron chi connectivity index (χ4n) is 1.10. The molecule has 17 heavy (non-hydrogen) atoms. The first-order valence-corrected chi connectivity index (χ1v) is 10.9. The number of nitrogens with zero attached hydrogens (tertiary/aromatic N) is 3. The third-order valence-electron chi connectivity index (χ3n) is 2.17. The number of epoxide rings is 1. The monoisotopic (exact) mass is 481 g/mol. The molecule has 0 spiro atoms. The van der Waals surface area contributed by atoms with E-state index in [4.69, 9.17) is 4.74 Å². The Balaban J connectivity index is 2.29. The molecule has 1 aliphatic heterocycles. The van der Waals surface area contributed by atoms with Crippen molar-refractivity contribution in [2.45, 2.75) is 4.11 Å². The van der Waals surface area contributed by atoms with Crippen LogP contribution in [-0.2, 0) is 11.8 Å². The van der Waals surface area contributed by atoms with Gasteiger partial charge in [0, 0.05) is 0 Å². The van der Waals surface area contributed by atoms with Crippen LogP contribution in [0.1, 0.15) is 0 Å². The third kappa shape index (κ3) is 3.03. The molecule has 1 fully saturated rings. The van der Waals surface area contributed by atoms with Crippen LogP contribution in [0.3, 0.4) is 0 Å². The van der Waals surface area contributed by atoms with Crippen LogP contribution < -0.4 is 59.8 Å². The number of aromatic nitrogens is 3. The molecule has 1 aromatic rings. The molecule has 7 nitrogen and oxygen atoms in total. The van der Waals surface area contributed by atoms with Crippen molar-refractivity contribution in [1.82, 2.24) is 10.9 Å². The topological polar surface area (TPSA) is 78.5 Å². The minimum atomic E-state index is -0.654. The van der Waals surface area contributed by atoms with Gasteiger partial charge in [-0.25, -0.2) is 0 Å². The van der Waals surface area contributed by atoms with Gasteiger partial charge in [-0.15, -0.1) is 0 Å². The number of rotatable bonds is 4. The first-order valence-electron chi connectivity index (χ1n) is 4.70. The molecule has 10 heteroatoms. The molecule has 0 radical (unpaired) electrons. The van der Waals surface area contributed by atoms with E-state index in [9.17, 15) is 14.4 Å². The van der Waals surface area contributed by atoms with Crippen molar-refractivity contribution in [3.63, 3.8) is 0 Å². The van der Waals surface area contributed by atoms with Gasteiger partial charge in [0.2, 0.25) is 0 Å². The Labute approximate surface area is 125 Å². The van der Waals surface area contributed by atoms with E-state index in [0.29, 0.717) is 20.6 Å². The van der Waals surface area contributed by atoms with Crippen molar-refractivity contribution in [3.05, 3.63) is 31.5 Å². The van der Waals surface area contributed by atoms with E-state index in [1.54, 1.807) is 0 Å². The first-order chi connectivity index (χ1) is 8.02. The van der Waals surface area contributed by atoms with Crippen LogP contribution in [0.5, 0.6) is 0 Å². The van der Waals surface area contributed by atoms with Gasteiger partial charge >= 0.3 is 126 Å². The van der Waals surface area contributed by atoms with Crippen molar-refractivity contribution < 1.29 is 47.4 Å². The van der Waals surface area contributed by atoms with E-state index in [2.05, 4.69) is 0 Å². The molecule has 0 bridgehead atoms. The number of hydrogen-bond donors (Lipinski definition) is 0. The predicted molar refractivity (Wildman–Crippen MR) is 54.2 cm³/mol. The standard InChI is InChI=1S/C7H9I2N3O4.Al.2H/c1-11-5(13)10-6(14)12(7(11)15)9-3-8-4-2-16-4;;;/h4H,2-3H2,1H3,(H,10,13,14);;;/q-2;+1;;/p-1. The molecular weight excluding hydrogens is 471 g/mol. The molecule has 1 aromatic heterocycles. The van der Waals surface area contributed by atoms with E-state index in [0.717, 1.165) is 17.2 Å². The summed E-state index contributed by atoms with van der Waals surface area (Å²) in [6.07, 6.45) is 0. The summed E-state index contributed by atoms with van der Waals surface area (Å²) in [6, 6.07) is 0. The van der Waals surface area contributed by atoms with Crippen LogP contribution in [0.2, 0.25) is 0 Å². The predicted octanol–water partition coefficient (Wildman–Crippen LogP) is -9.64. The Morgan fingerprint density at radius 2 is 2.00 bits per heavy atom. The maximum atomic E-state index is 11.8. The Morgan fingerprint density at radius 1 is 1.35 bits per heavy atom. The van der Waals surface area contributed by atoms with Crippen LogP contribution in [0, 0.1) is 0 Å². The van der Waals surface area contributed by atoms with Crippen molar-refractivity contribution >= 4 is 16.5 Å². The molecule has 2 rings (SSSR count). The van der Waals surface area contributed by atoms with Crippen LogP contribution >= 0.6 is 0 Å². The summed E-state index contributed by atoms with van der Waals surface area (Å²) < 4.78 is 9.87. The van der Waals surface area contributed by atoms with E-state index >= 15 is 0 Å². The van der Waals surface area contributed by atoms with Gasteiger partial charge in [-0.2, -0.15) is 0 Å². The molecule has 0 aliphatic carbocycles. The van der Waals surface area contributed by atoms with Crippen LogP contribution in [0.4, 0.5) is 0 Å². The molecular formula is C7H10AlI2N3O4-2. The summed E-state index contributed by atoms with van der Waals surface area (Å²) in [5, 5.41) is 0. The first kappa shape index (κ1) is 13.8. The molecule has 0 N–H and O–H groups in total. The van der Waals surface area contributed by atoms with Gasteiger partial charge in [-0.05, 0) is 0 Å². The Morgan fingerprint density at radius 3 is 2.59 bits per heavy atom. The van der Waals surface area contributed by atoms with E-state index in [1.165, 1.54) is 9.83 Å². The average molecular weight is 481 g/mol. The number of alkyl halides is 3. The van der Waals surface area contributed by atoms with Gasteiger partial charge in [-0.1, -0.05) is 0 Å². The van der Waals surface area contributed by atoms with Gasteiger partial charge in [0.25, 0.3) is 0 Å². The van der Waals surface area contributed by atoms with Gasteiger partial charge < -0.3 is 0 Å². The summed E-state index contributed by atoms with van der Waals surface area (Å²) in [4.78, 5) is 35.1. The van der Waals surface area contributed by atoms with Crippen molar-refractivity contribution in [3.8, 4) is 0 Å². The molecule has 0 saturated carbocycles. The van der Waals surface area contributed by atoms with Crippen molar-refractivity contribution in [2.75, 3.05) is 9.04 Å². The molecule has 2 heterocycles. The molecule has 1 aliphatic rings. The second-order valence-electron chi connectivity index (χ2n) is 3.36. The maximum absolute atomic E-state index is 11.8. The molecule has 1 unspecified atom stereocenters. The van der Waals surface area contributed by atoms with Crippen LogP contribution in [0.25, 0.3) is 0 Å². The van der Waals surface area contributed by atoms with Gasteiger partial charge in [0.15, 0.2) is 0 Å². The zero-order valence-corrected chi connectivity index (χ0v) is 15.5. The summed E-state index contributed by atoms with van der Waals surface area (Å²) in [5.41, 5.74) is -1.41. The summed E-state index contributed by atoms with van der Waals surface area (Å²) >= 11 is -0.410. The SMILES string of the molecule is Cn1c(=O)[n]([AlH2])c(=O)n([I-]C[I-]C2CO2)c1=O. The zero-order chi connectivity index (χ0) is 12.6. The molecule has 96 valence electrons. The second kappa shape index (κ2) is 5.56. The third-order valence-corrected chi connectivity index (χ3v) is 10.7. The molecule has 0 aromatic carbocycles. The zero-order valence-electron chi connectivity index (χ0n) is 9.22. The fourth-order valence-corrected chi connectivity index (χ4v) is 9.95. The van der Waals surface area contributed by atoms with Gasteiger partial charge in [-0.3, -0.25) is 0 Å². The van der Waals surface area contributed by atoms with Crippen LogP contribution in [0.15, 0.2) is 14.4 Å². The molecule has 1 saturated heterocycles. The number of ether oxygens (including phenoxy) is 1. The van der Waals surface area contributed by atoms with E-state index < -0.39 is 38.5 Å². The fraction of sp³-hybridized carbons (Fsp3) is 0.571. The summed E-state index contributed by atoms with van der Waals surface area (Å²) in [7, 11) is 1.41. The van der Waals surface area contributed by atoms with Crippen molar-refractivity contribution in [1.29, 1.82) is 0 Å². The Kier molecular flexibility index (Phi) is 4.51. The Hall–Kier alpha value is 0.362. The van der Waals surface area contributed by atoms with E-state index in [1.807, 2.05) is 0 Å². The van der Waals surface area contributed by atoms with E-state index in [-0.39, 0.29) is 21.2 Å². The number of hydrogen-bond acceptors (Lipinski definition) is 4. The average Bonchev–Trinajstić information content (AvgIpc) is 3.12. The van der Waals surface area contributed by atoms with Gasteiger partial charge in [0.05, 0.1) is 0 Å². The number of halogens is 2. The molecule has 0 amide bonds. The summed E-state index contributed by atoms with van der Waals surface area (Å²) in [6.45, 7) is 0.837. The minimum absolute atomic E-state index is 0.0601. The van der Waals surface area contributed by atoms with Crippen LogP contribution in [-0.4, -0.2) is 40.6 Å². The Bertz CT molecular complexity index is 562. The molecule has 1 atom stereocenters. The quantitative estimate of drug-likeness (QED) is 0.186.